The van der Waals surface area contributed by atoms with Crippen molar-refractivity contribution >= 4 is 64.3 Å². The monoisotopic (exact) mass is 376 g/mol. The fraction of sp³-hybridized carbons (Fsp3) is 0. The van der Waals surface area contributed by atoms with Gasteiger partial charge in [-0.15, -0.1) is 0 Å². The average Bonchev–Trinajstić information content (AvgIpc) is 2.41. The zero-order valence-corrected chi connectivity index (χ0v) is 13.8. The molecule has 9 heteroatoms. The summed E-state index contributed by atoms with van der Waals surface area (Å²) in [5.74, 6) is 0. The molecule has 0 bridgehead atoms. The van der Waals surface area contributed by atoms with Crippen LogP contribution >= 0.6 is 46.4 Å². The highest BCUT2D eigenvalue weighted by Gasteiger charge is 2.05. The Morgan fingerprint density at radius 1 is 1.09 bits per heavy atom. The van der Waals surface area contributed by atoms with Crippen LogP contribution in [0.1, 0.15) is 5.56 Å². The molecule has 1 aromatic heterocycles. The Morgan fingerprint density at radius 3 is 2.27 bits per heavy atom. The highest BCUT2D eigenvalue weighted by atomic mass is 35.5. The summed E-state index contributed by atoms with van der Waals surface area (Å²) in [6.07, 6.45) is 1.34. The van der Waals surface area contributed by atoms with Gasteiger partial charge in [0.25, 0.3) is 0 Å². The number of aromatic nitrogens is 1. The SMILES string of the molecule is O=C(NN=Cc1c(Cl)cccc1Cl)Nc1cc(Cl)nc(Cl)c1. The van der Waals surface area contributed by atoms with Crippen molar-refractivity contribution in [3.8, 4) is 0 Å². The lowest BCUT2D eigenvalue weighted by Crippen LogP contribution is -2.24. The quantitative estimate of drug-likeness (QED) is 0.456. The first-order chi connectivity index (χ1) is 10.5. The zero-order valence-electron chi connectivity index (χ0n) is 10.8. The van der Waals surface area contributed by atoms with E-state index in [4.69, 9.17) is 46.4 Å². The average molecular weight is 378 g/mol. The molecule has 0 aliphatic carbocycles. The van der Waals surface area contributed by atoms with E-state index in [0.717, 1.165) is 0 Å². The predicted molar refractivity (Wildman–Crippen MR) is 90.5 cm³/mol. The van der Waals surface area contributed by atoms with Crippen LogP contribution in [0, 0.1) is 0 Å². The van der Waals surface area contributed by atoms with Gasteiger partial charge in [-0.3, -0.25) is 0 Å². The van der Waals surface area contributed by atoms with Crippen LogP contribution in [0.15, 0.2) is 35.4 Å². The van der Waals surface area contributed by atoms with Crippen LogP contribution in [0.4, 0.5) is 10.5 Å². The van der Waals surface area contributed by atoms with Crippen molar-refractivity contribution in [2.24, 2.45) is 5.10 Å². The second kappa shape index (κ2) is 7.65. The van der Waals surface area contributed by atoms with Crippen molar-refractivity contribution in [3.63, 3.8) is 0 Å². The number of nitrogens with zero attached hydrogens (tertiary/aromatic N) is 2. The lowest BCUT2D eigenvalue weighted by molar-refractivity contribution is 0.252. The molecule has 0 aliphatic rings. The number of hydrogen-bond acceptors (Lipinski definition) is 3. The number of hydrogen-bond donors (Lipinski definition) is 2. The molecule has 0 unspecified atom stereocenters. The number of pyridine rings is 1. The van der Waals surface area contributed by atoms with Gasteiger partial charge in [0.1, 0.15) is 10.3 Å². The highest BCUT2D eigenvalue weighted by molar-refractivity contribution is 6.38. The number of rotatable bonds is 3. The standard InChI is InChI=1S/C13H8Cl4N4O/c14-9-2-1-3-10(15)8(9)6-18-21-13(22)19-7-4-11(16)20-12(17)5-7/h1-6H,(H2,19,20,21,22). The number of carbonyl (C=O) groups excluding carboxylic acids is 1. The molecule has 2 N–H and O–H groups in total. The third-order valence-corrected chi connectivity index (χ3v) is 3.43. The molecule has 0 spiro atoms. The second-order valence-electron chi connectivity index (χ2n) is 3.96. The maximum Gasteiger partial charge on any atom is 0.339 e. The molecule has 0 fully saturated rings. The van der Waals surface area contributed by atoms with Crippen molar-refractivity contribution < 1.29 is 4.79 Å². The molecule has 0 saturated heterocycles. The zero-order chi connectivity index (χ0) is 16.1. The summed E-state index contributed by atoms with van der Waals surface area (Å²) in [6, 6.07) is 7.34. The van der Waals surface area contributed by atoms with Crippen molar-refractivity contribution in [3.05, 3.63) is 56.2 Å². The van der Waals surface area contributed by atoms with Gasteiger partial charge in [-0.2, -0.15) is 5.10 Å². The van der Waals surface area contributed by atoms with Crippen LogP contribution in [0.5, 0.6) is 0 Å². The minimum Gasteiger partial charge on any atom is -0.306 e. The lowest BCUT2D eigenvalue weighted by Gasteiger charge is -2.05. The molecule has 114 valence electrons. The van der Waals surface area contributed by atoms with E-state index < -0.39 is 6.03 Å². The molecule has 2 amide bonds. The Labute approximate surface area is 146 Å². The molecule has 0 aliphatic heterocycles. The van der Waals surface area contributed by atoms with Crippen LogP contribution in [-0.2, 0) is 0 Å². The predicted octanol–water partition coefficient (Wildman–Crippen LogP) is 4.85. The fourth-order valence-corrected chi connectivity index (χ4v) is 2.44. The van der Waals surface area contributed by atoms with Gasteiger partial charge in [0.15, 0.2) is 0 Å². The molecule has 2 rings (SSSR count). The van der Waals surface area contributed by atoms with E-state index >= 15 is 0 Å². The summed E-state index contributed by atoms with van der Waals surface area (Å²) in [5.41, 5.74) is 3.15. The second-order valence-corrected chi connectivity index (χ2v) is 5.55. The van der Waals surface area contributed by atoms with Crippen molar-refractivity contribution in [1.29, 1.82) is 0 Å². The van der Waals surface area contributed by atoms with Crippen molar-refractivity contribution in [2.45, 2.75) is 0 Å². The normalized spacial score (nSPS) is 10.7. The largest absolute Gasteiger partial charge is 0.339 e. The minimum atomic E-state index is -0.585. The van der Waals surface area contributed by atoms with Gasteiger partial charge in [0, 0.05) is 11.3 Å². The highest BCUT2D eigenvalue weighted by Crippen LogP contribution is 2.22. The Balaban J connectivity index is 1.99. The molecular weight excluding hydrogens is 370 g/mol. The number of urea groups is 1. The van der Waals surface area contributed by atoms with E-state index in [2.05, 4.69) is 20.8 Å². The molecule has 5 nitrogen and oxygen atoms in total. The number of halogens is 4. The number of carbonyl (C=O) groups is 1. The van der Waals surface area contributed by atoms with Gasteiger partial charge >= 0.3 is 6.03 Å². The summed E-state index contributed by atoms with van der Waals surface area (Å²) in [7, 11) is 0. The fourth-order valence-electron chi connectivity index (χ4n) is 1.49. The number of anilines is 1. The van der Waals surface area contributed by atoms with E-state index in [0.29, 0.717) is 21.3 Å². The van der Waals surface area contributed by atoms with Gasteiger partial charge in [0.2, 0.25) is 0 Å². The summed E-state index contributed by atoms with van der Waals surface area (Å²) in [6.45, 7) is 0. The van der Waals surface area contributed by atoms with E-state index in [-0.39, 0.29) is 10.3 Å². The van der Waals surface area contributed by atoms with Gasteiger partial charge in [-0.05, 0) is 24.3 Å². The lowest BCUT2D eigenvalue weighted by atomic mass is 10.2. The molecule has 2 aromatic rings. The minimum absolute atomic E-state index is 0.161. The number of amides is 2. The number of nitrogens with one attached hydrogen (secondary N) is 2. The van der Waals surface area contributed by atoms with Crippen LogP contribution in [0.3, 0.4) is 0 Å². The first-order valence-electron chi connectivity index (χ1n) is 5.83. The molecular formula is C13H8Cl4N4O. The third kappa shape index (κ3) is 4.74. The van der Waals surface area contributed by atoms with E-state index in [1.165, 1.54) is 18.3 Å². The number of hydrazone groups is 1. The Hall–Kier alpha value is -1.53. The van der Waals surface area contributed by atoms with Gasteiger partial charge < -0.3 is 5.32 Å². The Bertz CT molecular complexity index is 695. The summed E-state index contributed by atoms with van der Waals surface area (Å²) in [5, 5.41) is 7.43. The molecule has 0 atom stereocenters. The van der Waals surface area contributed by atoms with Crippen LogP contribution < -0.4 is 10.7 Å². The van der Waals surface area contributed by atoms with Gasteiger partial charge in [-0.1, -0.05) is 52.5 Å². The molecule has 0 saturated carbocycles. The van der Waals surface area contributed by atoms with Crippen LogP contribution in [0.25, 0.3) is 0 Å². The molecule has 1 aromatic carbocycles. The number of benzene rings is 1. The summed E-state index contributed by atoms with van der Waals surface area (Å²) in [4.78, 5) is 15.4. The van der Waals surface area contributed by atoms with E-state index in [9.17, 15) is 4.79 Å². The first-order valence-corrected chi connectivity index (χ1v) is 7.34. The Morgan fingerprint density at radius 2 is 1.68 bits per heavy atom. The third-order valence-electron chi connectivity index (χ3n) is 2.38. The van der Waals surface area contributed by atoms with E-state index in [1.54, 1.807) is 18.2 Å². The summed E-state index contributed by atoms with van der Waals surface area (Å²) < 4.78 is 0. The molecule has 0 radical (unpaired) electrons. The van der Waals surface area contributed by atoms with Crippen LogP contribution in [-0.4, -0.2) is 17.2 Å². The van der Waals surface area contributed by atoms with Crippen molar-refractivity contribution in [2.75, 3.05) is 5.32 Å². The maximum atomic E-state index is 11.7. The van der Waals surface area contributed by atoms with E-state index in [1.807, 2.05) is 0 Å². The van der Waals surface area contributed by atoms with Crippen LogP contribution in [0.2, 0.25) is 20.4 Å². The van der Waals surface area contributed by atoms with Gasteiger partial charge in [0.05, 0.1) is 16.3 Å². The Kier molecular flexibility index (Phi) is 5.85. The molecule has 1 heterocycles. The summed E-state index contributed by atoms with van der Waals surface area (Å²) >= 11 is 23.4. The smallest absolute Gasteiger partial charge is 0.306 e. The van der Waals surface area contributed by atoms with Crippen molar-refractivity contribution in [1.82, 2.24) is 10.4 Å². The first kappa shape index (κ1) is 16.8. The maximum absolute atomic E-state index is 11.7. The molecule has 22 heavy (non-hydrogen) atoms. The topological polar surface area (TPSA) is 66.4 Å². The van der Waals surface area contributed by atoms with Gasteiger partial charge in [-0.25, -0.2) is 15.2 Å².